The van der Waals surface area contributed by atoms with Crippen LogP contribution < -0.4 is 14.8 Å². The Labute approximate surface area is 181 Å². The van der Waals surface area contributed by atoms with Crippen LogP contribution in [0.25, 0.3) is 0 Å². The van der Waals surface area contributed by atoms with E-state index in [9.17, 15) is 13.2 Å². The molecule has 0 spiro atoms. The van der Waals surface area contributed by atoms with Crippen LogP contribution in [-0.4, -0.2) is 32.7 Å². The van der Waals surface area contributed by atoms with Crippen LogP contribution >= 0.6 is 0 Å². The van der Waals surface area contributed by atoms with Gasteiger partial charge in [-0.3, -0.25) is 4.79 Å². The summed E-state index contributed by atoms with van der Waals surface area (Å²) in [4.78, 5) is 12.8. The number of fused-ring (bicyclic) bond motifs is 2. The third-order valence-corrected chi connectivity index (χ3v) is 6.74. The van der Waals surface area contributed by atoms with Crippen LogP contribution in [0.4, 0.5) is 5.69 Å². The van der Waals surface area contributed by atoms with Crippen molar-refractivity contribution in [2.75, 3.05) is 19.4 Å². The van der Waals surface area contributed by atoms with Crippen LogP contribution in [0.3, 0.4) is 0 Å². The molecule has 160 valence electrons. The van der Waals surface area contributed by atoms with E-state index in [2.05, 4.69) is 5.32 Å². The predicted molar refractivity (Wildman–Crippen MR) is 118 cm³/mol. The van der Waals surface area contributed by atoms with Gasteiger partial charge in [-0.1, -0.05) is 23.8 Å². The molecule has 1 amide bonds. The zero-order valence-corrected chi connectivity index (χ0v) is 18.4. The second-order valence-corrected chi connectivity index (χ2v) is 9.67. The summed E-state index contributed by atoms with van der Waals surface area (Å²) in [5, 5.41) is 2.79. The Morgan fingerprint density at radius 3 is 2.26 bits per heavy atom. The summed E-state index contributed by atoms with van der Waals surface area (Å²) in [5.41, 5.74) is 2.61. The maximum Gasteiger partial charge on any atom is 0.259 e. The van der Waals surface area contributed by atoms with Gasteiger partial charge >= 0.3 is 0 Å². The lowest BCUT2D eigenvalue weighted by Gasteiger charge is -2.18. The molecule has 0 saturated carbocycles. The number of nitrogens with one attached hydrogen (secondary N) is 1. The third-order valence-electron chi connectivity index (χ3n) is 4.90. The summed E-state index contributed by atoms with van der Waals surface area (Å²) in [5.74, 6) is 0.744. The molecule has 0 aromatic heterocycles. The number of hydrogen-bond donors (Lipinski definition) is 1. The van der Waals surface area contributed by atoms with Crippen molar-refractivity contribution in [2.24, 2.45) is 0 Å². The summed E-state index contributed by atoms with van der Waals surface area (Å²) in [6.45, 7) is 3.85. The first kappa shape index (κ1) is 20.9. The molecule has 1 heterocycles. The van der Waals surface area contributed by atoms with E-state index in [0.29, 0.717) is 17.2 Å². The lowest BCUT2D eigenvalue weighted by molar-refractivity contribution is 0.102. The second kappa shape index (κ2) is 7.72. The van der Waals surface area contributed by atoms with Gasteiger partial charge in [-0.15, -0.1) is 0 Å². The molecule has 0 saturated heterocycles. The fourth-order valence-electron chi connectivity index (χ4n) is 3.15. The summed E-state index contributed by atoms with van der Waals surface area (Å²) in [6.07, 6.45) is 0. The molecule has 0 unspecified atom stereocenters. The smallest absolute Gasteiger partial charge is 0.259 e. The summed E-state index contributed by atoms with van der Waals surface area (Å²) in [7, 11) is -1.06. The molecule has 0 aliphatic carbocycles. The number of benzene rings is 3. The Hall–Kier alpha value is -3.36. The van der Waals surface area contributed by atoms with Crippen LogP contribution in [0, 0.1) is 13.8 Å². The lowest BCUT2D eigenvalue weighted by atomic mass is 10.1. The van der Waals surface area contributed by atoms with Gasteiger partial charge in [-0.05, 0) is 49.7 Å². The SMILES string of the molecule is Cc1ccc(Oc2cc3c(cc2S(=O)(=O)N(C)C)C(=O)Nc2cc(C)ccc2O3)cc1. The van der Waals surface area contributed by atoms with Gasteiger partial charge in [-0.2, -0.15) is 0 Å². The van der Waals surface area contributed by atoms with Crippen molar-refractivity contribution in [2.45, 2.75) is 18.7 Å². The quantitative estimate of drug-likeness (QED) is 0.638. The van der Waals surface area contributed by atoms with E-state index < -0.39 is 15.9 Å². The largest absolute Gasteiger partial charge is 0.456 e. The third kappa shape index (κ3) is 3.99. The average molecular weight is 439 g/mol. The van der Waals surface area contributed by atoms with Gasteiger partial charge in [0.25, 0.3) is 5.91 Å². The Morgan fingerprint density at radius 2 is 1.58 bits per heavy atom. The average Bonchev–Trinajstić information content (AvgIpc) is 2.84. The summed E-state index contributed by atoms with van der Waals surface area (Å²) in [6, 6.07) is 15.4. The van der Waals surface area contributed by atoms with Gasteiger partial charge in [0.15, 0.2) is 11.5 Å². The number of ether oxygens (including phenoxy) is 2. The minimum absolute atomic E-state index is 0.0691. The van der Waals surface area contributed by atoms with E-state index in [4.69, 9.17) is 9.47 Å². The minimum atomic E-state index is -3.91. The lowest BCUT2D eigenvalue weighted by Crippen LogP contribution is -2.23. The van der Waals surface area contributed by atoms with Crippen molar-refractivity contribution in [3.05, 3.63) is 71.3 Å². The molecule has 0 fully saturated rings. The number of anilines is 1. The molecule has 1 aliphatic rings. The summed E-state index contributed by atoms with van der Waals surface area (Å²) < 4.78 is 39.0. The minimum Gasteiger partial charge on any atom is -0.456 e. The van der Waals surface area contributed by atoms with E-state index >= 15 is 0 Å². The maximum absolute atomic E-state index is 13.0. The van der Waals surface area contributed by atoms with Crippen molar-refractivity contribution in [3.8, 4) is 23.0 Å². The van der Waals surface area contributed by atoms with Crippen LogP contribution in [0.2, 0.25) is 0 Å². The maximum atomic E-state index is 13.0. The fourth-order valence-corrected chi connectivity index (χ4v) is 4.17. The highest BCUT2D eigenvalue weighted by atomic mass is 32.2. The van der Waals surface area contributed by atoms with Crippen LogP contribution in [0.1, 0.15) is 21.5 Å². The predicted octanol–water partition coefficient (Wildman–Crippen LogP) is 4.70. The molecule has 8 heteroatoms. The molecule has 0 bridgehead atoms. The van der Waals surface area contributed by atoms with Gasteiger partial charge in [0.2, 0.25) is 10.0 Å². The molecule has 31 heavy (non-hydrogen) atoms. The van der Waals surface area contributed by atoms with Gasteiger partial charge in [0, 0.05) is 20.2 Å². The van der Waals surface area contributed by atoms with Crippen molar-refractivity contribution < 1.29 is 22.7 Å². The highest BCUT2D eigenvalue weighted by Gasteiger charge is 2.29. The Morgan fingerprint density at radius 1 is 0.903 bits per heavy atom. The molecular formula is C23H22N2O5S. The molecule has 0 atom stereocenters. The van der Waals surface area contributed by atoms with Gasteiger partial charge < -0.3 is 14.8 Å². The molecule has 0 radical (unpaired) electrons. The van der Waals surface area contributed by atoms with Crippen LogP contribution in [-0.2, 0) is 10.0 Å². The number of amides is 1. The van der Waals surface area contributed by atoms with Gasteiger partial charge in [0.1, 0.15) is 16.4 Å². The highest BCUT2D eigenvalue weighted by Crippen LogP contribution is 2.42. The van der Waals surface area contributed by atoms with Crippen molar-refractivity contribution in [1.29, 1.82) is 0 Å². The standard InChI is InChI=1S/C23H22N2O5S/c1-14-5-8-16(9-6-14)29-21-13-20-17(12-22(21)31(27,28)25(3)4)23(26)24-18-11-15(2)7-10-19(18)30-20/h5-13H,1-4H3,(H,24,26). The molecule has 4 rings (SSSR count). The number of carbonyl (C=O) groups excluding carboxylic acids is 1. The normalized spacial score (nSPS) is 13.0. The van der Waals surface area contributed by atoms with Gasteiger partial charge in [0.05, 0.1) is 11.3 Å². The number of carbonyl (C=O) groups is 1. The van der Waals surface area contributed by atoms with Crippen molar-refractivity contribution in [1.82, 2.24) is 4.31 Å². The van der Waals surface area contributed by atoms with Crippen molar-refractivity contribution in [3.63, 3.8) is 0 Å². The van der Waals surface area contributed by atoms with E-state index in [1.807, 2.05) is 32.0 Å². The topological polar surface area (TPSA) is 84.9 Å². The molecular weight excluding hydrogens is 416 g/mol. The Bertz CT molecular complexity index is 1280. The number of rotatable bonds is 4. The molecule has 1 N–H and O–H groups in total. The van der Waals surface area contributed by atoms with Crippen LogP contribution in [0.15, 0.2) is 59.5 Å². The second-order valence-electron chi connectivity index (χ2n) is 7.55. The fraction of sp³-hybridized carbons (Fsp3) is 0.174. The Kier molecular flexibility index (Phi) is 5.20. The summed E-state index contributed by atoms with van der Waals surface area (Å²) >= 11 is 0. The molecule has 3 aromatic carbocycles. The zero-order valence-electron chi connectivity index (χ0n) is 17.6. The van der Waals surface area contributed by atoms with E-state index in [1.54, 1.807) is 24.3 Å². The molecule has 3 aromatic rings. The number of sulfonamides is 1. The number of nitrogens with zero attached hydrogens (tertiary/aromatic N) is 1. The van der Waals surface area contributed by atoms with E-state index in [0.717, 1.165) is 15.4 Å². The molecule has 7 nitrogen and oxygen atoms in total. The first-order chi connectivity index (χ1) is 14.6. The monoisotopic (exact) mass is 438 g/mol. The Balaban J connectivity index is 1.89. The van der Waals surface area contributed by atoms with E-state index in [1.165, 1.54) is 26.2 Å². The zero-order chi connectivity index (χ0) is 22.3. The van der Waals surface area contributed by atoms with Crippen LogP contribution in [0.5, 0.6) is 23.0 Å². The number of aryl methyl sites for hydroxylation is 2. The van der Waals surface area contributed by atoms with E-state index in [-0.39, 0.29) is 22.0 Å². The molecule has 1 aliphatic heterocycles. The van der Waals surface area contributed by atoms with Gasteiger partial charge in [-0.25, -0.2) is 12.7 Å². The van der Waals surface area contributed by atoms with Crippen molar-refractivity contribution >= 4 is 21.6 Å². The number of hydrogen-bond acceptors (Lipinski definition) is 5. The first-order valence-electron chi connectivity index (χ1n) is 9.60. The first-order valence-corrected chi connectivity index (χ1v) is 11.0. The highest BCUT2D eigenvalue weighted by molar-refractivity contribution is 7.89.